The van der Waals surface area contributed by atoms with Crippen LogP contribution in [0, 0.1) is 29.1 Å². The molecule has 4 bridgehead atoms. The molecule has 5 saturated carbocycles. The van der Waals surface area contributed by atoms with Gasteiger partial charge in [0.1, 0.15) is 0 Å². The number of nitrogens with one attached hydrogen (secondary N) is 1. The summed E-state index contributed by atoms with van der Waals surface area (Å²) < 4.78 is 0. The van der Waals surface area contributed by atoms with Crippen molar-refractivity contribution < 1.29 is 9.59 Å². The summed E-state index contributed by atoms with van der Waals surface area (Å²) in [5, 5.41) is 3.53. The maximum atomic E-state index is 13.3. The highest BCUT2D eigenvalue weighted by Crippen LogP contribution is 2.63. The molecule has 4 heteroatoms. The summed E-state index contributed by atoms with van der Waals surface area (Å²) in [6.45, 7) is 5.23. The zero-order chi connectivity index (χ0) is 19.5. The minimum absolute atomic E-state index is 0.0218. The molecule has 1 unspecified atom stereocenters. The molecule has 2 amide bonds. The van der Waals surface area contributed by atoms with Gasteiger partial charge in [0.05, 0.1) is 5.92 Å². The Labute approximate surface area is 170 Å². The molecular weight excluding hydrogens is 348 g/mol. The summed E-state index contributed by atoms with van der Waals surface area (Å²) in [5.74, 6) is 3.15. The zero-order valence-electron chi connectivity index (χ0n) is 17.8. The number of piperidine rings is 1. The molecule has 6 aliphatic rings. The fourth-order valence-electron chi connectivity index (χ4n) is 8.07. The lowest BCUT2D eigenvalue weighted by molar-refractivity contribution is -0.144. The second-order valence-electron chi connectivity index (χ2n) is 11.5. The first-order chi connectivity index (χ1) is 13.4. The van der Waals surface area contributed by atoms with Gasteiger partial charge in [0.25, 0.3) is 0 Å². The summed E-state index contributed by atoms with van der Waals surface area (Å²) >= 11 is 0. The molecule has 0 aromatic carbocycles. The third-order valence-corrected chi connectivity index (χ3v) is 9.38. The van der Waals surface area contributed by atoms with E-state index in [1.165, 1.54) is 51.4 Å². The van der Waals surface area contributed by atoms with Gasteiger partial charge in [-0.2, -0.15) is 0 Å². The molecule has 156 valence electrons. The van der Waals surface area contributed by atoms with Crippen LogP contribution in [0.4, 0.5) is 0 Å². The predicted molar refractivity (Wildman–Crippen MR) is 110 cm³/mol. The number of amides is 2. The lowest BCUT2D eigenvalue weighted by atomic mass is 9.45. The number of carbonyl (C=O) groups excluding carboxylic acids is 2. The highest BCUT2D eigenvalue weighted by molar-refractivity contribution is 5.84. The SMILES string of the molecule is CC(C)(NC(=O)C1CCC(=O)N(C2CCCC2)C1)C12CC3CC(CC(C3)C1)C2. The van der Waals surface area contributed by atoms with Crippen molar-refractivity contribution in [3.05, 3.63) is 0 Å². The third-order valence-electron chi connectivity index (χ3n) is 9.38. The predicted octanol–water partition coefficient (Wildman–Crippen LogP) is 4.28. The van der Waals surface area contributed by atoms with Crippen molar-refractivity contribution >= 4 is 11.8 Å². The molecule has 4 nitrogen and oxygen atoms in total. The van der Waals surface area contributed by atoms with E-state index in [0.717, 1.165) is 37.0 Å². The molecule has 5 aliphatic carbocycles. The lowest BCUT2D eigenvalue weighted by Crippen LogP contribution is -2.64. The van der Waals surface area contributed by atoms with Crippen molar-refractivity contribution in [1.82, 2.24) is 10.2 Å². The van der Waals surface area contributed by atoms with Crippen LogP contribution < -0.4 is 5.32 Å². The standard InChI is InChI=1S/C24H38N2O2/c1-23(2,24-12-16-9-17(13-24)11-18(10-16)14-24)25-22(28)19-7-8-21(27)26(15-19)20-5-3-4-6-20/h16-20H,3-15H2,1-2H3,(H,25,28). The topological polar surface area (TPSA) is 49.4 Å². The zero-order valence-corrected chi connectivity index (χ0v) is 17.8. The summed E-state index contributed by atoms with van der Waals surface area (Å²) in [5.41, 5.74) is 0.159. The molecule has 1 saturated heterocycles. The molecule has 1 heterocycles. The Morgan fingerprint density at radius 3 is 2.14 bits per heavy atom. The van der Waals surface area contributed by atoms with Crippen LogP contribution in [0.15, 0.2) is 0 Å². The first-order valence-electron chi connectivity index (χ1n) is 12.0. The quantitative estimate of drug-likeness (QED) is 0.784. The molecular formula is C24H38N2O2. The summed E-state index contributed by atoms with van der Waals surface area (Å²) in [6.07, 6.45) is 14.2. The average Bonchev–Trinajstić information content (AvgIpc) is 3.15. The third kappa shape index (κ3) is 3.10. The molecule has 0 radical (unpaired) electrons. The number of hydrogen-bond acceptors (Lipinski definition) is 2. The van der Waals surface area contributed by atoms with Crippen molar-refractivity contribution in [2.75, 3.05) is 6.54 Å². The van der Waals surface area contributed by atoms with Crippen molar-refractivity contribution in [3.8, 4) is 0 Å². The average molecular weight is 387 g/mol. The van der Waals surface area contributed by atoms with Crippen LogP contribution in [0.1, 0.15) is 90.9 Å². The van der Waals surface area contributed by atoms with E-state index in [1.54, 1.807) is 0 Å². The molecule has 1 N–H and O–H groups in total. The molecule has 1 aliphatic heterocycles. The van der Waals surface area contributed by atoms with E-state index in [9.17, 15) is 9.59 Å². The maximum Gasteiger partial charge on any atom is 0.225 e. The fourth-order valence-corrected chi connectivity index (χ4v) is 8.07. The first kappa shape index (κ1) is 18.9. The number of rotatable bonds is 4. The van der Waals surface area contributed by atoms with Crippen molar-refractivity contribution in [1.29, 1.82) is 0 Å². The van der Waals surface area contributed by atoms with Crippen LogP contribution in [0.2, 0.25) is 0 Å². The summed E-state index contributed by atoms with van der Waals surface area (Å²) in [6, 6.07) is 0.388. The van der Waals surface area contributed by atoms with Crippen LogP contribution in [0.3, 0.4) is 0 Å². The molecule has 6 fully saturated rings. The van der Waals surface area contributed by atoms with E-state index < -0.39 is 0 Å². The van der Waals surface area contributed by atoms with E-state index in [2.05, 4.69) is 24.1 Å². The van der Waals surface area contributed by atoms with Gasteiger partial charge in [-0.05, 0) is 94.8 Å². The van der Waals surface area contributed by atoms with Gasteiger partial charge in [-0.1, -0.05) is 12.8 Å². The molecule has 0 aromatic heterocycles. The largest absolute Gasteiger partial charge is 0.350 e. The van der Waals surface area contributed by atoms with Gasteiger partial charge < -0.3 is 10.2 Å². The highest BCUT2D eigenvalue weighted by Gasteiger charge is 2.57. The number of likely N-dealkylation sites (tertiary alicyclic amines) is 1. The van der Waals surface area contributed by atoms with Gasteiger partial charge >= 0.3 is 0 Å². The molecule has 0 spiro atoms. The molecule has 0 aromatic rings. The van der Waals surface area contributed by atoms with Gasteiger partial charge in [0.2, 0.25) is 11.8 Å². The van der Waals surface area contributed by atoms with Gasteiger partial charge in [-0.25, -0.2) is 0 Å². The summed E-state index contributed by atoms with van der Waals surface area (Å²) in [4.78, 5) is 27.8. The van der Waals surface area contributed by atoms with Crippen molar-refractivity contribution in [2.45, 2.75) is 102 Å². The Kier molecular flexibility index (Phi) is 4.56. The Morgan fingerprint density at radius 1 is 1.00 bits per heavy atom. The van der Waals surface area contributed by atoms with E-state index in [0.29, 0.717) is 24.4 Å². The van der Waals surface area contributed by atoms with E-state index in [-0.39, 0.29) is 23.3 Å². The Hall–Kier alpha value is -1.06. The van der Waals surface area contributed by atoms with E-state index in [1.807, 2.05) is 0 Å². The second kappa shape index (κ2) is 6.74. The Balaban J connectivity index is 1.27. The molecule has 1 atom stereocenters. The van der Waals surface area contributed by atoms with E-state index >= 15 is 0 Å². The minimum atomic E-state index is -0.139. The number of carbonyl (C=O) groups is 2. The normalized spacial score (nSPS) is 40.9. The van der Waals surface area contributed by atoms with Crippen molar-refractivity contribution in [2.24, 2.45) is 29.1 Å². The van der Waals surface area contributed by atoms with Crippen LogP contribution in [-0.2, 0) is 9.59 Å². The van der Waals surface area contributed by atoms with Crippen LogP contribution in [0.25, 0.3) is 0 Å². The minimum Gasteiger partial charge on any atom is -0.350 e. The number of hydrogen-bond donors (Lipinski definition) is 1. The van der Waals surface area contributed by atoms with E-state index in [4.69, 9.17) is 0 Å². The maximum absolute atomic E-state index is 13.3. The summed E-state index contributed by atoms with van der Waals surface area (Å²) in [7, 11) is 0. The monoisotopic (exact) mass is 386 g/mol. The van der Waals surface area contributed by atoms with Gasteiger partial charge in [-0.15, -0.1) is 0 Å². The second-order valence-corrected chi connectivity index (χ2v) is 11.5. The van der Waals surface area contributed by atoms with Gasteiger partial charge in [-0.3, -0.25) is 9.59 Å². The van der Waals surface area contributed by atoms with Gasteiger partial charge in [0, 0.05) is 24.5 Å². The van der Waals surface area contributed by atoms with Gasteiger partial charge in [0.15, 0.2) is 0 Å². The Morgan fingerprint density at radius 2 is 1.57 bits per heavy atom. The van der Waals surface area contributed by atoms with Crippen LogP contribution >= 0.6 is 0 Å². The molecule has 28 heavy (non-hydrogen) atoms. The first-order valence-corrected chi connectivity index (χ1v) is 12.0. The Bertz CT molecular complexity index is 614. The van der Waals surface area contributed by atoms with Crippen molar-refractivity contribution in [3.63, 3.8) is 0 Å². The lowest BCUT2D eigenvalue weighted by Gasteiger charge is -2.62. The fraction of sp³-hybridized carbons (Fsp3) is 0.917. The number of nitrogens with zero attached hydrogens (tertiary/aromatic N) is 1. The van der Waals surface area contributed by atoms with Crippen LogP contribution in [0.5, 0.6) is 0 Å². The van der Waals surface area contributed by atoms with Crippen LogP contribution in [-0.4, -0.2) is 34.8 Å². The highest BCUT2D eigenvalue weighted by atomic mass is 16.2. The smallest absolute Gasteiger partial charge is 0.225 e. The molecule has 6 rings (SSSR count).